The van der Waals surface area contributed by atoms with E-state index in [1.165, 1.54) is 6.07 Å². The van der Waals surface area contributed by atoms with Gasteiger partial charge in [-0.05, 0) is 40.5 Å². The molecule has 0 aromatic heterocycles. The first-order valence-electron chi connectivity index (χ1n) is 3.15. The Morgan fingerprint density at radius 2 is 2.09 bits per heavy atom. The number of benzene rings is 1. The van der Waals surface area contributed by atoms with Crippen LogP contribution in [-0.4, -0.2) is 7.11 Å². The van der Waals surface area contributed by atoms with Gasteiger partial charge in [-0.3, -0.25) is 0 Å². The van der Waals surface area contributed by atoms with Crippen molar-refractivity contribution in [3.63, 3.8) is 0 Å². The highest BCUT2D eigenvalue weighted by Gasteiger charge is 2.03. The number of methoxy groups -OCH3 is 1. The highest BCUT2D eigenvalue weighted by Crippen LogP contribution is 2.27. The van der Waals surface area contributed by atoms with Crippen molar-refractivity contribution in [2.24, 2.45) is 0 Å². The van der Waals surface area contributed by atoms with E-state index in [2.05, 4.69) is 15.9 Å². The van der Waals surface area contributed by atoms with Gasteiger partial charge in [0.05, 0.1) is 11.6 Å². The molecule has 0 saturated carbocycles. The molecule has 0 amide bonds. The second-order valence-corrected chi connectivity index (χ2v) is 3.09. The lowest BCUT2D eigenvalue weighted by molar-refractivity contribution is 0.410. The van der Waals surface area contributed by atoms with E-state index in [9.17, 15) is 4.39 Å². The average Bonchev–Trinajstić information content (AvgIpc) is 1.97. The van der Waals surface area contributed by atoms with Gasteiger partial charge in [-0.2, -0.15) is 0 Å². The zero-order valence-electron chi connectivity index (χ0n) is 6.32. The minimum absolute atomic E-state index is 0.224. The molecule has 0 radical (unpaired) electrons. The summed E-state index contributed by atoms with van der Waals surface area (Å²) in [7, 11) is 1.55. The summed E-state index contributed by atoms with van der Waals surface area (Å²) in [6, 6.07) is 3.05. The number of aryl methyl sites for hydroxylation is 1. The normalized spacial score (nSPS) is 9.82. The molecule has 0 heterocycles. The third kappa shape index (κ3) is 1.71. The summed E-state index contributed by atoms with van der Waals surface area (Å²) in [6.45, 7) is 1.70. The minimum Gasteiger partial charge on any atom is -0.496 e. The summed E-state index contributed by atoms with van der Waals surface area (Å²) < 4.78 is 18.4. The molecule has 0 atom stereocenters. The first-order valence-corrected chi connectivity index (χ1v) is 3.94. The number of halogens is 2. The Balaban J connectivity index is 3.21. The second kappa shape index (κ2) is 3.22. The van der Waals surface area contributed by atoms with Crippen LogP contribution in [0, 0.1) is 12.7 Å². The van der Waals surface area contributed by atoms with Crippen LogP contribution in [0.3, 0.4) is 0 Å². The smallest absolute Gasteiger partial charge is 0.133 e. The van der Waals surface area contributed by atoms with E-state index in [-0.39, 0.29) is 5.82 Å². The highest BCUT2D eigenvalue weighted by atomic mass is 79.9. The lowest BCUT2D eigenvalue weighted by Gasteiger charge is -2.04. The molecule has 0 saturated heterocycles. The van der Waals surface area contributed by atoms with Crippen molar-refractivity contribution < 1.29 is 9.13 Å². The first kappa shape index (κ1) is 8.53. The third-order valence-corrected chi connectivity index (χ3v) is 2.05. The summed E-state index contributed by atoms with van der Waals surface area (Å²) in [5.74, 6) is 0.432. The SMILES string of the molecule is COc1cc(C)c(F)cc1Br. The van der Waals surface area contributed by atoms with Gasteiger partial charge in [-0.1, -0.05) is 0 Å². The topological polar surface area (TPSA) is 9.23 Å². The average molecular weight is 219 g/mol. The van der Waals surface area contributed by atoms with Crippen molar-refractivity contribution in [3.8, 4) is 5.75 Å². The maximum atomic E-state index is 12.8. The van der Waals surface area contributed by atoms with Gasteiger partial charge in [0, 0.05) is 0 Å². The summed E-state index contributed by atoms with van der Waals surface area (Å²) in [6.07, 6.45) is 0. The molecule has 1 rings (SSSR count). The first-order chi connectivity index (χ1) is 5.15. The molecule has 0 aliphatic heterocycles. The van der Waals surface area contributed by atoms with Crippen LogP contribution in [0.5, 0.6) is 5.75 Å². The standard InChI is InChI=1S/C8H8BrFO/c1-5-3-8(11-2)6(9)4-7(5)10/h3-4H,1-2H3. The van der Waals surface area contributed by atoms with Crippen molar-refractivity contribution in [3.05, 3.63) is 28.0 Å². The van der Waals surface area contributed by atoms with Gasteiger partial charge in [0.1, 0.15) is 11.6 Å². The fourth-order valence-corrected chi connectivity index (χ4v) is 1.26. The summed E-state index contributed by atoms with van der Waals surface area (Å²) in [5.41, 5.74) is 0.588. The van der Waals surface area contributed by atoms with Crippen LogP contribution in [0.15, 0.2) is 16.6 Å². The molecule has 1 aromatic carbocycles. The Morgan fingerprint density at radius 3 is 2.64 bits per heavy atom. The van der Waals surface area contributed by atoms with E-state index in [0.29, 0.717) is 15.8 Å². The van der Waals surface area contributed by atoms with Gasteiger partial charge in [-0.15, -0.1) is 0 Å². The lowest BCUT2D eigenvalue weighted by atomic mass is 10.2. The van der Waals surface area contributed by atoms with Crippen LogP contribution >= 0.6 is 15.9 Å². The van der Waals surface area contributed by atoms with Gasteiger partial charge in [0.25, 0.3) is 0 Å². The third-order valence-electron chi connectivity index (χ3n) is 1.43. The number of rotatable bonds is 1. The summed E-state index contributed by atoms with van der Waals surface area (Å²) in [5, 5.41) is 0. The minimum atomic E-state index is -0.224. The molecule has 0 fully saturated rings. The molecule has 0 aliphatic carbocycles. The number of hydrogen-bond acceptors (Lipinski definition) is 1. The van der Waals surface area contributed by atoms with E-state index in [1.54, 1.807) is 20.1 Å². The maximum absolute atomic E-state index is 12.8. The quantitative estimate of drug-likeness (QED) is 0.705. The van der Waals surface area contributed by atoms with Crippen molar-refractivity contribution in [1.82, 2.24) is 0 Å². The van der Waals surface area contributed by atoms with Gasteiger partial charge in [0.2, 0.25) is 0 Å². The summed E-state index contributed by atoms with van der Waals surface area (Å²) >= 11 is 3.18. The molecule has 3 heteroatoms. The van der Waals surface area contributed by atoms with Crippen molar-refractivity contribution in [2.45, 2.75) is 6.92 Å². The fourth-order valence-electron chi connectivity index (χ4n) is 0.787. The summed E-state index contributed by atoms with van der Waals surface area (Å²) in [4.78, 5) is 0. The molecule has 0 aliphatic rings. The fraction of sp³-hybridized carbons (Fsp3) is 0.250. The van der Waals surface area contributed by atoms with Gasteiger partial charge >= 0.3 is 0 Å². The van der Waals surface area contributed by atoms with Crippen molar-refractivity contribution in [1.29, 1.82) is 0 Å². The number of hydrogen-bond donors (Lipinski definition) is 0. The van der Waals surface area contributed by atoms with E-state index < -0.39 is 0 Å². The Morgan fingerprint density at radius 1 is 1.45 bits per heavy atom. The molecule has 60 valence electrons. The van der Waals surface area contributed by atoms with Gasteiger partial charge < -0.3 is 4.74 Å². The Labute approximate surface area is 73.3 Å². The zero-order valence-corrected chi connectivity index (χ0v) is 7.90. The van der Waals surface area contributed by atoms with E-state index >= 15 is 0 Å². The molecular formula is C8H8BrFO. The molecule has 1 aromatic rings. The molecule has 0 spiro atoms. The molecule has 1 nitrogen and oxygen atoms in total. The molecule has 0 unspecified atom stereocenters. The van der Waals surface area contributed by atoms with Crippen molar-refractivity contribution >= 4 is 15.9 Å². The predicted octanol–water partition coefficient (Wildman–Crippen LogP) is 2.91. The lowest BCUT2D eigenvalue weighted by Crippen LogP contribution is -1.88. The largest absolute Gasteiger partial charge is 0.496 e. The molecule has 0 bridgehead atoms. The Hall–Kier alpha value is -0.570. The van der Waals surface area contributed by atoms with Gasteiger partial charge in [-0.25, -0.2) is 4.39 Å². The van der Waals surface area contributed by atoms with E-state index in [4.69, 9.17) is 4.74 Å². The van der Waals surface area contributed by atoms with E-state index in [0.717, 1.165) is 0 Å². The molecule has 0 N–H and O–H groups in total. The van der Waals surface area contributed by atoms with Crippen LogP contribution in [0.2, 0.25) is 0 Å². The molecule has 11 heavy (non-hydrogen) atoms. The molecular weight excluding hydrogens is 211 g/mol. The van der Waals surface area contributed by atoms with Crippen LogP contribution in [-0.2, 0) is 0 Å². The Bertz CT molecular complexity index is 273. The number of ether oxygens (including phenoxy) is 1. The maximum Gasteiger partial charge on any atom is 0.133 e. The highest BCUT2D eigenvalue weighted by molar-refractivity contribution is 9.10. The second-order valence-electron chi connectivity index (χ2n) is 2.24. The van der Waals surface area contributed by atoms with Gasteiger partial charge in [0.15, 0.2) is 0 Å². The van der Waals surface area contributed by atoms with Crippen LogP contribution < -0.4 is 4.74 Å². The van der Waals surface area contributed by atoms with E-state index in [1.807, 2.05) is 0 Å². The Kier molecular flexibility index (Phi) is 2.49. The monoisotopic (exact) mass is 218 g/mol. The predicted molar refractivity (Wildman–Crippen MR) is 45.4 cm³/mol. The van der Waals surface area contributed by atoms with Crippen LogP contribution in [0.25, 0.3) is 0 Å². The van der Waals surface area contributed by atoms with Crippen LogP contribution in [0.1, 0.15) is 5.56 Å². The van der Waals surface area contributed by atoms with Crippen LogP contribution in [0.4, 0.5) is 4.39 Å². The zero-order chi connectivity index (χ0) is 8.43. The van der Waals surface area contributed by atoms with Crippen molar-refractivity contribution in [2.75, 3.05) is 7.11 Å².